The molecule has 0 unspecified atom stereocenters. The van der Waals surface area contributed by atoms with Crippen LogP contribution >= 0.6 is 0 Å². The Kier molecular flexibility index (Phi) is 5.44. The first-order valence-electron chi connectivity index (χ1n) is 7.48. The second-order valence-corrected chi connectivity index (χ2v) is 7.28. The molecule has 0 saturated carbocycles. The lowest BCUT2D eigenvalue weighted by Crippen LogP contribution is -2.22. The molecule has 124 valence electrons. The molecule has 0 spiro atoms. The highest BCUT2D eigenvalue weighted by atomic mass is 32.2. The van der Waals surface area contributed by atoms with Crippen LogP contribution in [0, 0.1) is 20.8 Å². The van der Waals surface area contributed by atoms with E-state index in [1.807, 2.05) is 39.0 Å². The average molecular weight is 334 g/mol. The molecule has 2 aromatic rings. The van der Waals surface area contributed by atoms with E-state index in [2.05, 4.69) is 0 Å². The fourth-order valence-electron chi connectivity index (χ4n) is 2.23. The van der Waals surface area contributed by atoms with Gasteiger partial charge in [0.2, 0.25) is 0 Å². The first-order chi connectivity index (χ1) is 10.8. The van der Waals surface area contributed by atoms with Crippen molar-refractivity contribution in [2.45, 2.75) is 38.7 Å². The van der Waals surface area contributed by atoms with Crippen molar-refractivity contribution < 1.29 is 17.3 Å². The van der Waals surface area contributed by atoms with Crippen molar-refractivity contribution in [1.82, 2.24) is 0 Å². The van der Waals surface area contributed by atoms with Crippen LogP contribution in [-0.2, 0) is 14.3 Å². The van der Waals surface area contributed by atoms with Gasteiger partial charge in [-0.1, -0.05) is 35.9 Å². The van der Waals surface area contributed by atoms with Gasteiger partial charge in [0.1, 0.15) is 18.5 Å². The third-order valence-electron chi connectivity index (χ3n) is 3.47. The van der Waals surface area contributed by atoms with Crippen LogP contribution in [-0.4, -0.2) is 21.1 Å². The summed E-state index contributed by atoms with van der Waals surface area (Å²) < 4.78 is 35.4. The minimum atomic E-state index is -3.78. The molecule has 2 aromatic carbocycles. The molecule has 0 heterocycles. The van der Waals surface area contributed by atoms with Gasteiger partial charge in [-0.15, -0.1) is 0 Å². The topological polar surface area (TPSA) is 52.6 Å². The SMILES string of the molecule is Cc1ccc(S(=O)(=O)O[C@@H](C)COc2c(C)cccc2C)cc1. The molecule has 0 amide bonds. The van der Waals surface area contributed by atoms with Gasteiger partial charge < -0.3 is 4.74 Å². The maximum absolute atomic E-state index is 12.2. The lowest BCUT2D eigenvalue weighted by Gasteiger charge is -2.16. The Morgan fingerprint density at radius 2 is 1.52 bits per heavy atom. The van der Waals surface area contributed by atoms with Crippen LogP contribution in [0.2, 0.25) is 0 Å². The Balaban J connectivity index is 2.01. The number of ether oxygens (including phenoxy) is 1. The number of para-hydroxylation sites is 1. The van der Waals surface area contributed by atoms with Crippen molar-refractivity contribution in [2.24, 2.45) is 0 Å². The molecule has 0 aliphatic carbocycles. The van der Waals surface area contributed by atoms with E-state index in [-0.39, 0.29) is 11.5 Å². The van der Waals surface area contributed by atoms with E-state index < -0.39 is 16.2 Å². The molecule has 0 aliphatic rings. The molecule has 1 atom stereocenters. The number of benzene rings is 2. The summed E-state index contributed by atoms with van der Waals surface area (Å²) >= 11 is 0. The Morgan fingerprint density at radius 3 is 2.09 bits per heavy atom. The first-order valence-corrected chi connectivity index (χ1v) is 8.89. The van der Waals surface area contributed by atoms with Gasteiger partial charge in [-0.05, 0) is 51.0 Å². The fourth-order valence-corrected chi connectivity index (χ4v) is 3.30. The predicted octanol–water partition coefficient (Wildman–Crippen LogP) is 3.78. The van der Waals surface area contributed by atoms with Gasteiger partial charge in [0.25, 0.3) is 10.1 Å². The normalized spacial score (nSPS) is 12.9. The van der Waals surface area contributed by atoms with Crippen LogP contribution in [0.5, 0.6) is 5.75 Å². The molecule has 4 nitrogen and oxygen atoms in total. The number of hydrogen-bond donors (Lipinski definition) is 0. The summed E-state index contributed by atoms with van der Waals surface area (Å²) in [6.45, 7) is 7.65. The fraction of sp³-hybridized carbons (Fsp3) is 0.333. The van der Waals surface area contributed by atoms with Crippen LogP contribution in [0.1, 0.15) is 23.6 Å². The molecule has 0 aliphatic heterocycles. The van der Waals surface area contributed by atoms with Gasteiger partial charge in [0, 0.05) is 0 Å². The molecule has 0 saturated heterocycles. The summed E-state index contributed by atoms with van der Waals surface area (Å²) in [4.78, 5) is 0.155. The van der Waals surface area contributed by atoms with Crippen molar-refractivity contribution in [3.05, 3.63) is 59.2 Å². The Morgan fingerprint density at radius 1 is 0.957 bits per heavy atom. The standard InChI is InChI=1S/C18H22O4S/c1-13-8-10-17(11-9-13)23(19,20)22-16(4)12-21-18-14(2)6-5-7-15(18)3/h5-11,16H,12H2,1-4H3/t16-/m0/s1. The summed E-state index contributed by atoms with van der Waals surface area (Å²) in [6.07, 6.45) is -0.583. The highest BCUT2D eigenvalue weighted by Crippen LogP contribution is 2.23. The maximum atomic E-state index is 12.2. The summed E-state index contributed by atoms with van der Waals surface area (Å²) in [5.41, 5.74) is 3.02. The molecule has 0 fully saturated rings. The number of rotatable bonds is 6. The molecule has 5 heteroatoms. The van der Waals surface area contributed by atoms with Crippen molar-refractivity contribution >= 4 is 10.1 Å². The van der Waals surface area contributed by atoms with Gasteiger partial charge in [0.05, 0.1) is 4.90 Å². The molecule has 0 aromatic heterocycles. The van der Waals surface area contributed by atoms with Crippen molar-refractivity contribution in [2.75, 3.05) is 6.61 Å². The lowest BCUT2D eigenvalue weighted by molar-refractivity contribution is 0.148. The van der Waals surface area contributed by atoms with Gasteiger partial charge >= 0.3 is 0 Å². The molecule has 0 bridgehead atoms. The monoisotopic (exact) mass is 334 g/mol. The zero-order valence-electron chi connectivity index (χ0n) is 13.9. The summed E-state index contributed by atoms with van der Waals surface area (Å²) in [5.74, 6) is 0.774. The molecular formula is C18H22O4S. The summed E-state index contributed by atoms with van der Waals surface area (Å²) in [7, 11) is -3.78. The van der Waals surface area contributed by atoms with E-state index in [0.717, 1.165) is 22.4 Å². The Labute approximate surface area is 138 Å². The zero-order valence-corrected chi connectivity index (χ0v) is 14.7. The molecule has 0 N–H and O–H groups in total. The first kappa shape index (κ1) is 17.5. The van der Waals surface area contributed by atoms with Crippen LogP contribution in [0.15, 0.2) is 47.4 Å². The van der Waals surface area contributed by atoms with Gasteiger partial charge in [0.15, 0.2) is 0 Å². The summed E-state index contributed by atoms with van der Waals surface area (Å²) in [6, 6.07) is 12.4. The van der Waals surface area contributed by atoms with Crippen molar-refractivity contribution in [1.29, 1.82) is 0 Å². The number of hydrogen-bond acceptors (Lipinski definition) is 4. The maximum Gasteiger partial charge on any atom is 0.297 e. The number of aryl methyl sites for hydroxylation is 3. The van der Waals surface area contributed by atoms with E-state index in [0.29, 0.717) is 0 Å². The smallest absolute Gasteiger partial charge is 0.297 e. The Bertz CT molecular complexity index is 744. The largest absolute Gasteiger partial charge is 0.490 e. The van der Waals surface area contributed by atoms with Crippen molar-refractivity contribution in [3.63, 3.8) is 0 Å². The van der Waals surface area contributed by atoms with E-state index in [1.165, 1.54) is 0 Å². The quantitative estimate of drug-likeness (QED) is 0.754. The van der Waals surface area contributed by atoms with Crippen LogP contribution in [0.4, 0.5) is 0 Å². The molecule has 2 rings (SSSR count). The van der Waals surface area contributed by atoms with Crippen LogP contribution < -0.4 is 4.74 Å². The minimum Gasteiger partial charge on any atom is -0.490 e. The molecule has 23 heavy (non-hydrogen) atoms. The van der Waals surface area contributed by atoms with Gasteiger partial charge in [-0.2, -0.15) is 8.42 Å². The highest BCUT2D eigenvalue weighted by molar-refractivity contribution is 7.86. The van der Waals surface area contributed by atoms with E-state index in [4.69, 9.17) is 8.92 Å². The van der Waals surface area contributed by atoms with Crippen LogP contribution in [0.25, 0.3) is 0 Å². The highest BCUT2D eigenvalue weighted by Gasteiger charge is 2.19. The van der Waals surface area contributed by atoms with E-state index in [1.54, 1.807) is 31.2 Å². The predicted molar refractivity (Wildman–Crippen MR) is 90.3 cm³/mol. The second kappa shape index (κ2) is 7.15. The average Bonchev–Trinajstić information content (AvgIpc) is 2.46. The van der Waals surface area contributed by atoms with Gasteiger partial charge in [-0.3, -0.25) is 4.18 Å². The molecular weight excluding hydrogens is 312 g/mol. The van der Waals surface area contributed by atoms with E-state index >= 15 is 0 Å². The third kappa shape index (κ3) is 4.56. The molecule has 0 radical (unpaired) electrons. The Hall–Kier alpha value is -1.85. The minimum absolute atomic E-state index is 0.155. The van der Waals surface area contributed by atoms with Crippen molar-refractivity contribution in [3.8, 4) is 5.75 Å². The third-order valence-corrected chi connectivity index (χ3v) is 4.90. The zero-order chi connectivity index (χ0) is 17.0. The van der Waals surface area contributed by atoms with E-state index in [9.17, 15) is 8.42 Å². The summed E-state index contributed by atoms with van der Waals surface area (Å²) in [5, 5.41) is 0. The lowest BCUT2D eigenvalue weighted by atomic mass is 10.1. The van der Waals surface area contributed by atoms with Crippen LogP contribution in [0.3, 0.4) is 0 Å². The van der Waals surface area contributed by atoms with Gasteiger partial charge in [-0.25, -0.2) is 0 Å². The second-order valence-electron chi connectivity index (χ2n) is 5.71.